The van der Waals surface area contributed by atoms with E-state index in [-0.39, 0.29) is 11.3 Å². The second kappa shape index (κ2) is 6.03. The van der Waals surface area contributed by atoms with E-state index in [9.17, 15) is 14.7 Å². The molecular formula is C14H22O4. The molecule has 1 aliphatic carbocycles. The van der Waals surface area contributed by atoms with Gasteiger partial charge in [0.2, 0.25) is 0 Å². The number of carbonyl (C=O) groups excluding carboxylic acids is 1. The van der Waals surface area contributed by atoms with E-state index in [2.05, 4.69) is 18.6 Å². The Kier molecular flexibility index (Phi) is 4.93. The minimum absolute atomic E-state index is 0.105. The zero-order valence-corrected chi connectivity index (χ0v) is 11.3. The van der Waals surface area contributed by atoms with E-state index < -0.39 is 17.9 Å². The summed E-state index contributed by atoms with van der Waals surface area (Å²) in [6.45, 7) is 4.12. The molecule has 0 heterocycles. The number of carbonyl (C=O) groups is 2. The van der Waals surface area contributed by atoms with Gasteiger partial charge in [-0.2, -0.15) is 0 Å². The van der Waals surface area contributed by atoms with E-state index in [1.165, 1.54) is 7.11 Å². The smallest absolute Gasteiger partial charge is 0.320 e. The van der Waals surface area contributed by atoms with Gasteiger partial charge in [-0.05, 0) is 31.1 Å². The van der Waals surface area contributed by atoms with Crippen molar-refractivity contribution >= 4 is 11.9 Å². The molecule has 0 aromatic carbocycles. The lowest BCUT2D eigenvalue weighted by atomic mass is 9.61. The molecule has 0 aromatic rings. The van der Waals surface area contributed by atoms with Crippen LogP contribution in [-0.4, -0.2) is 24.2 Å². The van der Waals surface area contributed by atoms with Gasteiger partial charge in [0.05, 0.1) is 7.11 Å². The van der Waals surface area contributed by atoms with Crippen molar-refractivity contribution in [1.82, 2.24) is 0 Å². The second-order valence-electron chi connectivity index (χ2n) is 4.90. The van der Waals surface area contributed by atoms with Crippen molar-refractivity contribution in [2.75, 3.05) is 7.11 Å². The number of carboxylic acids is 1. The summed E-state index contributed by atoms with van der Waals surface area (Å²) >= 11 is 0. The van der Waals surface area contributed by atoms with Crippen LogP contribution in [0.4, 0.5) is 0 Å². The Labute approximate surface area is 108 Å². The average molecular weight is 254 g/mol. The summed E-state index contributed by atoms with van der Waals surface area (Å²) in [6, 6.07) is 0. The Morgan fingerprint density at radius 1 is 1.44 bits per heavy atom. The highest BCUT2D eigenvalue weighted by molar-refractivity contribution is 5.94. The number of carboxylic acid groups (broad SMARTS) is 1. The largest absolute Gasteiger partial charge is 0.481 e. The lowest BCUT2D eigenvalue weighted by Crippen LogP contribution is -2.42. The van der Waals surface area contributed by atoms with Crippen LogP contribution in [0.25, 0.3) is 0 Å². The normalized spacial score (nSPS) is 23.4. The first-order chi connectivity index (χ1) is 8.52. The minimum atomic E-state index is -1.09. The van der Waals surface area contributed by atoms with E-state index in [1.54, 1.807) is 0 Å². The molecule has 1 N–H and O–H groups in total. The van der Waals surface area contributed by atoms with E-state index in [0.29, 0.717) is 0 Å². The molecule has 4 nitrogen and oxygen atoms in total. The minimum Gasteiger partial charge on any atom is -0.481 e. The zero-order valence-electron chi connectivity index (χ0n) is 11.3. The molecule has 0 fully saturated rings. The standard InChI is InChI=1S/C14H22O4/c1-4-14(5-2)9-7-6-8-10(14)11(12(15)16)13(17)18-3/h6,8,10-11H,4-5,7,9H2,1-3H3,(H,15,16). The lowest BCUT2D eigenvalue weighted by molar-refractivity contribution is -0.161. The number of methoxy groups -OCH3 is 1. The van der Waals surface area contributed by atoms with Gasteiger partial charge >= 0.3 is 11.9 Å². The summed E-state index contributed by atoms with van der Waals surface area (Å²) in [4.78, 5) is 23.1. The fourth-order valence-corrected chi connectivity index (χ4v) is 3.05. The van der Waals surface area contributed by atoms with Crippen molar-refractivity contribution in [3.8, 4) is 0 Å². The van der Waals surface area contributed by atoms with Crippen LogP contribution in [0.3, 0.4) is 0 Å². The summed E-state index contributed by atoms with van der Waals surface area (Å²) < 4.78 is 4.66. The Morgan fingerprint density at radius 2 is 2.06 bits per heavy atom. The highest BCUT2D eigenvalue weighted by atomic mass is 16.5. The van der Waals surface area contributed by atoms with Crippen LogP contribution < -0.4 is 0 Å². The van der Waals surface area contributed by atoms with Crippen LogP contribution in [0.15, 0.2) is 12.2 Å². The quantitative estimate of drug-likeness (QED) is 0.465. The third-order valence-electron chi connectivity index (χ3n) is 4.35. The van der Waals surface area contributed by atoms with E-state index in [4.69, 9.17) is 0 Å². The molecule has 1 rings (SSSR count). The van der Waals surface area contributed by atoms with Gasteiger partial charge in [0.25, 0.3) is 0 Å². The van der Waals surface area contributed by atoms with Gasteiger partial charge in [0, 0.05) is 5.92 Å². The molecule has 102 valence electrons. The van der Waals surface area contributed by atoms with Crippen LogP contribution in [0, 0.1) is 17.3 Å². The van der Waals surface area contributed by atoms with Gasteiger partial charge in [-0.1, -0.05) is 26.0 Å². The SMILES string of the molecule is CCC1(CC)CCC=CC1C(C(=O)O)C(=O)OC. The van der Waals surface area contributed by atoms with Crippen molar-refractivity contribution in [2.45, 2.75) is 39.5 Å². The third kappa shape index (κ3) is 2.57. The third-order valence-corrected chi connectivity index (χ3v) is 4.35. The summed E-state index contributed by atoms with van der Waals surface area (Å²) in [7, 11) is 1.24. The highest BCUT2D eigenvalue weighted by Crippen LogP contribution is 2.47. The Hall–Kier alpha value is -1.32. The molecule has 18 heavy (non-hydrogen) atoms. The van der Waals surface area contributed by atoms with E-state index >= 15 is 0 Å². The maximum absolute atomic E-state index is 11.7. The Bertz CT molecular complexity index is 342. The molecule has 0 aromatic heterocycles. The van der Waals surface area contributed by atoms with E-state index in [1.807, 2.05) is 12.2 Å². The van der Waals surface area contributed by atoms with Crippen molar-refractivity contribution in [1.29, 1.82) is 0 Å². The lowest BCUT2D eigenvalue weighted by Gasteiger charge is -2.42. The number of hydrogen-bond acceptors (Lipinski definition) is 3. The number of allylic oxidation sites excluding steroid dienone is 2. The topological polar surface area (TPSA) is 63.6 Å². The summed E-state index contributed by atoms with van der Waals surface area (Å²) in [5.41, 5.74) is -0.105. The monoisotopic (exact) mass is 254 g/mol. The average Bonchev–Trinajstić information content (AvgIpc) is 2.39. The fourth-order valence-electron chi connectivity index (χ4n) is 3.05. The zero-order chi connectivity index (χ0) is 13.8. The van der Waals surface area contributed by atoms with Gasteiger partial charge in [-0.15, -0.1) is 0 Å². The van der Waals surface area contributed by atoms with Gasteiger partial charge in [-0.25, -0.2) is 0 Å². The molecule has 0 spiro atoms. The fraction of sp³-hybridized carbons (Fsp3) is 0.714. The van der Waals surface area contributed by atoms with Gasteiger partial charge in [-0.3, -0.25) is 9.59 Å². The molecule has 0 bridgehead atoms. The highest BCUT2D eigenvalue weighted by Gasteiger charge is 2.46. The Morgan fingerprint density at radius 3 is 2.50 bits per heavy atom. The maximum atomic E-state index is 11.7. The summed E-state index contributed by atoms with van der Waals surface area (Å²) in [5.74, 6) is -3.10. The molecule has 0 amide bonds. The number of rotatable bonds is 5. The van der Waals surface area contributed by atoms with Crippen molar-refractivity contribution in [3.63, 3.8) is 0 Å². The molecule has 1 aliphatic rings. The molecule has 0 saturated heterocycles. The molecule has 2 atom stereocenters. The molecule has 0 aliphatic heterocycles. The Balaban J connectivity index is 3.14. The summed E-state index contributed by atoms with van der Waals surface area (Å²) in [6.07, 6.45) is 7.51. The maximum Gasteiger partial charge on any atom is 0.320 e. The van der Waals surface area contributed by atoms with Crippen molar-refractivity contribution in [3.05, 3.63) is 12.2 Å². The molecule has 0 radical (unpaired) electrons. The van der Waals surface area contributed by atoms with E-state index in [0.717, 1.165) is 25.7 Å². The predicted octanol–water partition coefficient (Wildman–Crippen LogP) is 2.63. The van der Waals surface area contributed by atoms with Crippen LogP contribution in [0.1, 0.15) is 39.5 Å². The van der Waals surface area contributed by atoms with Gasteiger partial charge in [0.1, 0.15) is 0 Å². The van der Waals surface area contributed by atoms with Gasteiger partial charge in [0.15, 0.2) is 5.92 Å². The van der Waals surface area contributed by atoms with Crippen LogP contribution in [-0.2, 0) is 14.3 Å². The van der Waals surface area contributed by atoms with Crippen LogP contribution in [0.2, 0.25) is 0 Å². The molecular weight excluding hydrogens is 232 g/mol. The number of esters is 1. The first-order valence-electron chi connectivity index (χ1n) is 6.49. The first-order valence-corrected chi connectivity index (χ1v) is 6.49. The molecule has 4 heteroatoms. The number of hydrogen-bond donors (Lipinski definition) is 1. The van der Waals surface area contributed by atoms with Crippen LogP contribution >= 0.6 is 0 Å². The van der Waals surface area contributed by atoms with Crippen LogP contribution in [0.5, 0.6) is 0 Å². The number of aliphatic carboxylic acids is 1. The second-order valence-corrected chi connectivity index (χ2v) is 4.90. The van der Waals surface area contributed by atoms with Crippen molar-refractivity contribution in [2.24, 2.45) is 17.3 Å². The van der Waals surface area contributed by atoms with Gasteiger partial charge < -0.3 is 9.84 Å². The first kappa shape index (κ1) is 14.7. The number of ether oxygens (including phenoxy) is 1. The molecule has 0 saturated carbocycles. The predicted molar refractivity (Wildman–Crippen MR) is 68.0 cm³/mol. The molecule has 2 unspecified atom stereocenters. The summed E-state index contributed by atoms with van der Waals surface area (Å²) in [5, 5.41) is 9.32. The van der Waals surface area contributed by atoms with Crippen molar-refractivity contribution < 1.29 is 19.4 Å².